The second kappa shape index (κ2) is 8.18. The Morgan fingerprint density at radius 3 is 2.38 bits per heavy atom. The molecule has 128 valence electrons. The summed E-state index contributed by atoms with van der Waals surface area (Å²) in [5, 5.41) is 3.67. The number of hydrogen-bond donors (Lipinski definition) is 1. The zero-order chi connectivity index (χ0) is 17.7. The summed E-state index contributed by atoms with van der Waals surface area (Å²) in [6.07, 6.45) is 0. The molecule has 0 spiro atoms. The number of likely N-dealkylation sites (N-methyl/N-ethyl adjacent to an activating group) is 1. The molecule has 1 amide bonds. The van der Waals surface area contributed by atoms with Crippen molar-refractivity contribution >= 4 is 28.9 Å². The molecule has 5 heteroatoms. The largest absolute Gasteiger partial charge is 0.378 e. The molecule has 0 aliphatic heterocycles. The highest BCUT2D eigenvalue weighted by Crippen LogP contribution is 2.17. The van der Waals surface area contributed by atoms with Gasteiger partial charge in [-0.3, -0.25) is 9.69 Å². The van der Waals surface area contributed by atoms with Crippen molar-refractivity contribution < 1.29 is 4.79 Å². The lowest BCUT2D eigenvalue weighted by Gasteiger charge is -2.24. The summed E-state index contributed by atoms with van der Waals surface area (Å²) < 4.78 is 0. The van der Waals surface area contributed by atoms with E-state index in [2.05, 4.69) is 5.32 Å². The molecule has 0 saturated heterocycles. The molecule has 2 rings (SSSR count). The number of anilines is 2. The van der Waals surface area contributed by atoms with Crippen molar-refractivity contribution in [2.75, 3.05) is 31.4 Å². The highest BCUT2D eigenvalue weighted by Gasteiger charge is 2.18. The molecule has 1 N–H and O–H groups in total. The minimum absolute atomic E-state index is 0.0304. The van der Waals surface area contributed by atoms with Crippen LogP contribution in [0.15, 0.2) is 48.5 Å². The highest BCUT2D eigenvalue weighted by molar-refractivity contribution is 6.30. The summed E-state index contributed by atoms with van der Waals surface area (Å²) in [6, 6.07) is 15.2. The zero-order valence-corrected chi connectivity index (χ0v) is 15.3. The quantitative estimate of drug-likeness (QED) is 0.863. The Hall–Kier alpha value is -2.04. The predicted octanol–water partition coefficient (Wildman–Crippen LogP) is 3.87. The van der Waals surface area contributed by atoms with Gasteiger partial charge < -0.3 is 10.2 Å². The number of benzene rings is 2. The SMILES string of the molecule is C[C@H](C(=O)Nc1ccc(N(C)C)cc1)N(C)Cc1cccc(Cl)c1. The normalized spacial score (nSPS) is 12.1. The first-order valence-electron chi connectivity index (χ1n) is 7.90. The number of carbonyl (C=O) groups excluding carboxylic acids is 1. The van der Waals surface area contributed by atoms with E-state index in [1.165, 1.54) is 0 Å². The minimum atomic E-state index is -0.252. The summed E-state index contributed by atoms with van der Waals surface area (Å²) in [7, 11) is 5.90. The van der Waals surface area contributed by atoms with Crippen LogP contribution in [0.4, 0.5) is 11.4 Å². The molecule has 0 unspecified atom stereocenters. The number of halogens is 1. The van der Waals surface area contributed by atoms with Gasteiger partial charge in [-0.2, -0.15) is 0 Å². The molecule has 0 bridgehead atoms. The molecule has 2 aromatic rings. The van der Waals surface area contributed by atoms with Crippen molar-refractivity contribution in [3.8, 4) is 0 Å². The van der Waals surface area contributed by atoms with Crippen molar-refractivity contribution in [2.24, 2.45) is 0 Å². The molecule has 0 aromatic heterocycles. The smallest absolute Gasteiger partial charge is 0.241 e. The Balaban J connectivity index is 1.95. The van der Waals surface area contributed by atoms with Crippen LogP contribution in [0.3, 0.4) is 0 Å². The molecule has 0 radical (unpaired) electrons. The van der Waals surface area contributed by atoms with Crippen molar-refractivity contribution in [3.63, 3.8) is 0 Å². The highest BCUT2D eigenvalue weighted by atomic mass is 35.5. The van der Waals surface area contributed by atoms with E-state index in [0.717, 1.165) is 16.9 Å². The maximum atomic E-state index is 12.4. The lowest BCUT2D eigenvalue weighted by molar-refractivity contribution is -0.120. The van der Waals surface area contributed by atoms with E-state index in [-0.39, 0.29) is 11.9 Å². The van der Waals surface area contributed by atoms with E-state index >= 15 is 0 Å². The van der Waals surface area contributed by atoms with Gasteiger partial charge in [-0.15, -0.1) is 0 Å². The van der Waals surface area contributed by atoms with E-state index in [0.29, 0.717) is 11.6 Å². The van der Waals surface area contributed by atoms with Crippen molar-refractivity contribution in [3.05, 3.63) is 59.1 Å². The molecule has 24 heavy (non-hydrogen) atoms. The van der Waals surface area contributed by atoms with E-state index in [4.69, 9.17) is 11.6 Å². The summed E-state index contributed by atoms with van der Waals surface area (Å²) >= 11 is 6.01. The first-order valence-corrected chi connectivity index (χ1v) is 8.27. The number of nitrogens with zero attached hydrogens (tertiary/aromatic N) is 2. The first-order chi connectivity index (χ1) is 11.4. The van der Waals surface area contributed by atoms with Crippen LogP contribution in [0.2, 0.25) is 5.02 Å². The fourth-order valence-electron chi connectivity index (χ4n) is 2.35. The minimum Gasteiger partial charge on any atom is -0.378 e. The van der Waals surface area contributed by atoms with Crippen molar-refractivity contribution in [1.29, 1.82) is 0 Å². The number of rotatable bonds is 6. The average Bonchev–Trinajstić information content (AvgIpc) is 2.54. The molecule has 0 heterocycles. The molecule has 2 aromatic carbocycles. The number of hydrogen-bond acceptors (Lipinski definition) is 3. The van der Waals surface area contributed by atoms with Gasteiger partial charge in [0.1, 0.15) is 0 Å². The first kappa shape index (κ1) is 18.3. The van der Waals surface area contributed by atoms with Crippen LogP contribution in [0.25, 0.3) is 0 Å². The topological polar surface area (TPSA) is 35.6 Å². The van der Waals surface area contributed by atoms with Gasteiger partial charge in [0.15, 0.2) is 0 Å². The van der Waals surface area contributed by atoms with Crippen LogP contribution in [-0.4, -0.2) is 38.0 Å². The van der Waals surface area contributed by atoms with Gasteiger partial charge in [-0.05, 0) is 55.9 Å². The fraction of sp³-hybridized carbons (Fsp3) is 0.316. The molecule has 0 fully saturated rings. The lowest BCUT2D eigenvalue weighted by Crippen LogP contribution is -2.39. The molecule has 0 aliphatic carbocycles. The Labute approximate surface area is 149 Å². The molecule has 4 nitrogen and oxygen atoms in total. The van der Waals surface area contributed by atoms with Gasteiger partial charge in [-0.1, -0.05) is 23.7 Å². The standard InChI is InChI=1S/C19H24ClN3O/c1-14(23(4)13-15-6-5-7-16(20)12-15)19(24)21-17-8-10-18(11-9-17)22(2)3/h5-12,14H,13H2,1-4H3,(H,21,24)/t14-/m1/s1. The Morgan fingerprint density at radius 1 is 1.12 bits per heavy atom. The third-order valence-electron chi connectivity index (χ3n) is 4.01. The maximum Gasteiger partial charge on any atom is 0.241 e. The number of carbonyl (C=O) groups is 1. The summed E-state index contributed by atoms with van der Waals surface area (Å²) in [6.45, 7) is 2.56. The Kier molecular flexibility index (Phi) is 6.23. The monoisotopic (exact) mass is 345 g/mol. The van der Waals surface area contributed by atoms with Gasteiger partial charge in [0, 0.05) is 37.0 Å². The molecular weight excluding hydrogens is 322 g/mol. The Morgan fingerprint density at radius 2 is 1.79 bits per heavy atom. The van der Waals surface area contributed by atoms with Gasteiger partial charge in [0.05, 0.1) is 6.04 Å². The van der Waals surface area contributed by atoms with Gasteiger partial charge >= 0.3 is 0 Å². The zero-order valence-electron chi connectivity index (χ0n) is 14.6. The summed E-state index contributed by atoms with van der Waals surface area (Å²) in [5.74, 6) is -0.0304. The van der Waals surface area contributed by atoms with Gasteiger partial charge in [-0.25, -0.2) is 0 Å². The van der Waals surface area contributed by atoms with Crippen LogP contribution in [0, 0.1) is 0 Å². The van der Waals surface area contributed by atoms with Gasteiger partial charge in [0.25, 0.3) is 0 Å². The number of amides is 1. The molecular formula is C19H24ClN3O. The second-order valence-electron chi connectivity index (χ2n) is 6.15. The van der Waals surface area contributed by atoms with Gasteiger partial charge in [0.2, 0.25) is 5.91 Å². The van der Waals surface area contributed by atoms with Crippen LogP contribution in [-0.2, 0) is 11.3 Å². The van der Waals surface area contributed by atoms with E-state index in [1.807, 2.05) is 86.4 Å². The van der Waals surface area contributed by atoms with Crippen LogP contribution in [0.5, 0.6) is 0 Å². The van der Waals surface area contributed by atoms with Crippen LogP contribution < -0.4 is 10.2 Å². The fourth-order valence-corrected chi connectivity index (χ4v) is 2.56. The number of nitrogens with one attached hydrogen (secondary N) is 1. The van der Waals surface area contributed by atoms with Crippen LogP contribution in [0.1, 0.15) is 12.5 Å². The van der Waals surface area contributed by atoms with E-state index < -0.39 is 0 Å². The molecule has 0 aliphatic rings. The lowest BCUT2D eigenvalue weighted by atomic mass is 10.2. The molecule has 0 saturated carbocycles. The molecule has 1 atom stereocenters. The third kappa shape index (κ3) is 4.98. The maximum absolute atomic E-state index is 12.4. The van der Waals surface area contributed by atoms with Crippen molar-refractivity contribution in [1.82, 2.24) is 4.90 Å². The third-order valence-corrected chi connectivity index (χ3v) is 4.25. The summed E-state index contributed by atoms with van der Waals surface area (Å²) in [4.78, 5) is 16.5. The van der Waals surface area contributed by atoms with Crippen molar-refractivity contribution in [2.45, 2.75) is 19.5 Å². The summed E-state index contributed by atoms with van der Waals surface area (Å²) in [5.41, 5.74) is 2.98. The average molecular weight is 346 g/mol. The van der Waals surface area contributed by atoms with E-state index in [1.54, 1.807) is 0 Å². The second-order valence-corrected chi connectivity index (χ2v) is 6.59. The van der Waals surface area contributed by atoms with Crippen LogP contribution >= 0.6 is 11.6 Å². The van der Waals surface area contributed by atoms with E-state index in [9.17, 15) is 4.79 Å². The predicted molar refractivity (Wildman–Crippen MR) is 102 cm³/mol. The Bertz CT molecular complexity index is 685.